The zero-order valence-corrected chi connectivity index (χ0v) is 12.9. The molecule has 2 aromatic rings. The Hall–Kier alpha value is -2.30. The van der Waals surface area contributed by atoms with Crippen LogP contribution in [-0.2, 0) is 18.3 Å². The average Bonchev–Trinajstić information content (AvgIpc) is 2.96. The Morgan fingerprint density at radius 2 is 1.91 bits per heavy atom. The fourth-order valence-corrected chi connectivity index (χ4v) is 3.13. The molecule has 2 N–H and O–H groups in total. The van der Waals surface area contributed by atoms with Gasteiger partial charge in [0.25, 0.3) is 0 Å². The summed E-state index contributed by atoms with van der Waals surface area (Å²) in [6.45, 7) is 1.65. The monoisotopic (exact) mass is 298 g/mol. The van der Waals surface area contributed by atoms with Crippen molar-refractivity contribution in [2.75, 3.05) is 18.8 Å². The molecule has 0 radical (unpaired) electrons. The Balaban J connectivity index is 1.56. The minimum absolute atomic E-state index is 0.202. The summed E-state index contributed by atoms with van der Waals surface area (Å²) in [5.41, 5.74) is 8.69. The van der Waals surface area contributed by atoms with Crippen LogP contribution in [0.2, 0.25) is 0 Å². The minimum atomic E-state index is 0.202. The van der Waals surface area contributed by atoms with Crippen LogP contribution in [-0.4, -0.2) is 33.7 Å². The number of rotatable bonds is 3. The number of nitrogens with zero attached hydrogens (tertiary/aromatic N) is 3. The molecule has 5 heteroatoms. The number of carbonyl (C=O) groups excluding carboxylic acids is 1. The number of aryl methyl sites for hydroxylation is 1. The first kappa shape index (κ1) is 14.6. The maximum absolute atomic E-state index is 12.4. The van der Waals surface area contributed by atoms with Crippen molar-refractivity contribution in [1.29, 1.82) is 0 Å². The molecule has 3 rings (SSSR count). The second-order valence-electron chi connectivity index (χ2n) is 5.95. The van der Waals surface area contributed by atoms with Gasteiger partial charge in [-0.1, -0.05) is 12.1 Å². The van der Waals surface area contributed by atoms with Crippen LogP contribution in [0.4, 0.5) is 5.69 Å². The van der Waals surface area contributed by atoms with E-state index in [1.807, 2.05) is 47.1 Å². The third kappa shape index (κ3) is 3.13. The van der Waals surface area contributed by atoms with Gasteiger partial charge in [0.1, 0.15) is 0 Å². The lowest BCUT2D eigenvalue weighted by Crippen LogP contribution is -2.39. The summed E-state index contributed by atoms with van der Waals surface area (Å²) in [6.07, 6.45) is 4.31. The molecule has 116 valence electrons. The van der Waals surface area contributed by atoms with E-state index in [-0.39, 0.29) is 5.91 Å². The van der Waals surface area contributed by atoms with Crippen LogP contribution < -0.4 is 5.73 Å². The molecule has 1 fully saturated rings. The van der Waals surface area contributed by atoms with Crippen LogP contribution in [0.25, 0.3) is 0 Å². The van der Waals surface area contributed by atoms with Gasteiger partial charge >= 0.3 is 0 Å². The van der Waals surface area contributed by atoms with Crippen molar-refractivity contribution < 1.29 is 4.79 Å². The number of carbonyl (C=O) groups is 1. The molecule has 1 aromatic carbocycles. The van der Waals surface area contributed by atoms with Crippen LogP contribution in [0.5, 0.6) is 0 Å². The van der Waals surface area contributed by atoms with Crippen LogP contribution >= 0.6 is 0 Å². The van der Waals surface area contributed by atoms with Gasteiger partial charge in [-0.25, -0.2) is 0 Å². The lowest BCUT2D eigenvalue weighted by molar-refractivity contribution is -0.131. The van der Waals surface area contributed by atoms with Gasteiger partial charge in [-0.05, 0) is 36.6 Å². The van der Waals surface area contributed by atoms with Gasteiger partial charge in [-0.3, -0.25) is 9.48 Å². The van der Waals surface area contributed by atoms with Crippen molar-refractivity contribution in [3.8, 4) is 0 Å². The number of piperidine rings is 1. The van der Waals surface area contributed by atoms with Gasteiger partial charge in [-0.2, -0.15) is 5.10 Å². The van der Waals surface area contributed by atoms with E-state index < -0.39 is 0 Å². The summed E-state index contributed by atoms with van der Waals surface area (Å²) in [6, 6.07) is 9.62. The fourth-order valence-electron chi connectivity index (χ4n) is 3.13. The Kier molecular flexibility index (Phi) is 4.13. The van der Waals surface area contributed by atoms with E-state index in [1.54, 1.807) is 0 Å². The van der Waals surface area contributed by atoms with E-state index in [0.717, 1.165) is 37.2 Å². The first-order chi connectivity index (χ1) is 10.6. The Bertz CT molecular complexity index is 639. The summed E-state index contributed by atoms with van der Waals surface area (Å²) in [4.78, 5) is 14.4. The number of aromatic nitrogens is 2. The van der Waals surface area contributed by atoms with Crippen molar-refractivity contribution in [1.82, 2.24) is 14.7 Å². The first-order valence-corrected chi connectivity index (χ1v) is 7.73. The molecular formula is C17H22N4O. The third-order valence-corrected chi connectivity index (χ3v) is 4.46. The van der Waals surface area contributed by atoms with Crippen molar-refractivity contribution >= 4 is 11.6 Å². The topological polar surface area (TPSA) is 64.2 Å². The second kappa shape index (κ2) is 6.22. The summed E-state index contributed by atoms with van der Waals surface area (Å²) in [5, 5.41) is 4.23. The van der Waals surface area contributed by atoms with Gasteiger partial charge in [0.05, 0.1) is 6.42 Å². The maximum Gasteiger partial charge on any atom is 0.226 e. The van der Waals surface area contributed by atoms with Gasteiger partial charge in [0.2, 0.25) is 5.91 Å². The van der Waals surface area contributed by atoms with E-state index in [4.69, 9.17) is 5.73 Å². The predicted octanol–water partition coefficient (Wildman–Crippen LogP) is 1.95. The number of nitrogens with two attached hydrogens (primary N) is 1. The Morgan fingerprint density at radius 1 is 1.23 bits per heavy atom. The highest BCUT2D eigenvalue weighted by molar-refractivity contribution is 5.79. The SMILES string of the molecule is Cn1nccc1C1CCN(C(=O)Cc2ccc(N)cc2)CC1. The molecule has 1 aliphatic heterocycles. The lowest BCUT2D eigenvalue weighted by Gasteiger charge is -2.32. The Morgan fingerprint density at radius 3 is 2.50 bits per heavy atom. The number of hydrogen-bond acceptors (Lipinski definition) is 3. The van der Waals surface area contributed by atoms with Crippen LogP contribution in [0.15, 0.2) is 36.5 Å². The van der Waals surface area contributed by atoms with Crippen LogP contribution in [0, 0.1) is 0 Å². The molecule has 0 saturated carbocycles. The summed E-state index contributed by atoms with van der Waals surface area (Å²) in [5.74, 6) is 0.710. The van der Waals surface area contributed by atoms with Crippen LogP contribution in [0.1, 0.15) is 30.0 Å². The number of hydrogen-bond donors (Lipinski definition) is 1. The number of benzene rings is 1. The van der Waals surface area contributed by atoms with Crippen molar-refractivity contribution in [3.63, 3.8) is 0 Å². The molecule has 1 amide bonds. The highest BCUT2D eigenvalue weighted by atomic mass is 16.2. The molecule has 0 bridgehead atoms. The van der Waals surface area contributed by atoms with Crippen molar-refractivity contribution in [2.24, 2.45) is 7.05 Å². The zero-order chi connectivity index (χ0) is 15.5. The van der Waals surface area contributed by atoms with E-state index in [9.17, 15) is 4.79 Å². The molecule has 22 heavy (non-hydrogen) atoms. The summed E-state index contributed by atoms with van der Waals surface area (Å²) in [7, 11) is 1.98. The molecule has 0 unspecified atom stereocenters. The molecule has 1 saturated heterocycles. The van der Waals surface area contributed by atoms with Gasteiger partial charge in [0, 0.05) is 43.6 Å². The molecule has 1 aliphatic rings. The average molecular weight is 298 g/mol. The number of nitrogen functional groups attached to an aromatic ring is 1. The molecule has 2 heterocycles. The molecule has 0 atom stereocenters. The second-order valence-corrected chi connectivity index (χ2v) is 5.95. The summed E-state index contributed by atoms with van der Waals surface area (Å²) < 4.78 is 1.94. The predicted molar refractivity (Wildman–Crippen MR) is 86.3 cm³/mol. The van der Waals surface area contributed by atoms with E-state index >= 15 is 0 Å². The number of anilines is 1. The lowest BCUT2D eigenvalue weighted by atomic mass is 9.93. The normalized spacial score (nSPS) is 16.0. The molecule has 5 nitrogen and oxygen atoms in total. The van der Waals surface area contributed by atoms with Gasteiger partial charge in [0.15, 0.2) is 0 Å². The van der Waals surface area contributed by atoms with Crippen LogP contribution in [0.3, 0.4) is 0 Å². The zero-order valence-electron chi connectivity index (χ0n) is 12.9. The molecular weight excluding hydrogens is 276 g/mol. The maximum atomic E-state index is 12.4. The molecule has 0 aliphatic carbocycles. The quantitative estimate of drug-likeness (QED) is 0.881. The highest BCUT2D eigenvalue weighted by Crippen LogP contribution is 2.27. The number of amides is 1. The van der Waals surface area contributed by atoms with Crippen molar-refractivity contribution in [3.05, 3.63) is 47.8 Å². The standard InChI is InChI=1S/C17H22N4O/c1-20-16(6-9-19-20)14-7-10-21(11-8-14)17(22)12-13-2-4-15(18)5-3-13/h2-6,9,14H,7-8,10-12,18H2,1H3. The van der Waals surface area contributed by atoms with E-state index in [2.05, 4.69) is 11.2 Å². The Labute approximate surface area is 130 Å². The number of likely N-dealkylation sites (tertiary alicyclic amines) is 1. The van der Waals surface area contributed by atoms with E-state index in [1.165, 1.54) is 5.69 Å². The largest absolute Gasteiger partial charge is 0.399 e. The molecule has 0 spiro atoms. The molecule has 1 aromatic heterocycles. The van der Waals surface area contributed by atoms with Crippen molar-refractivity contribution in [2.45, 2.75) is 25.2 Å². The highest BCUT2D eigenvalue weighted by Gasteiger charge is 2.25. The smallest absolute Gasteiger partial charge is 0.226 e. The van der Waals surface area contributed by atoms with Gasteiger partial charge < -0.3 is 10.6 Å². The fraction of sp³-hybridized carbons (Fsp3) is 0.412. The van der Waals surface area contributed by atoms with E-state index in [0.29, 0.717) is 12.3 Å². The minimum Gasteiger partial charge on any atom is -0.399 e. The summed E-state index contributed by atoms with van der Waals surface area (Å²) >= 11 is 0. The third-order valence-electron chi connectivity index (χ3n) is 4.46. The first-order valence-electron chi connectivity index (χ1n) is 7.73. The van der Waals surface area contributed by atoms with Gasteiger partial charge in [-0.15, -0.1) is 0 Å².